The van der Waals surface area contributed by atoms with Crippen LogP contribution in [0.4, 0.5) is 0 Å². The van der Waals surface area contributed by atoms with Gasteiger partial charge in [-0.1, -0.05) is 0 Å². The zero-order chi connectivity index (χ0) is 9.14. The van der Waals surface area contributed by atoms with Gasteiger partial charge in [0.1, 0.15) is 5.92 Å². The Morgan fingerprint density at radius 3 is 2.92 bits per heavy atom. The second kappa shape index (κ2) is 3.94. The Hall–Kier alpha value is -0.510. The topological polar surface area (TPSA) is 50.2 Å². The monoisotopic (exact) mass is 187 g/mol. The van der Waals surface area contributed by atoms with Gasteiger partial charge < -0.3 is 10.1 Å². The van der Waals surface area contributed by atoms with Crippen molar-refractivity contribution in [3.63, 3.8) is 0 Å². The second-order valence-electron chi connectivity index (χ2n) is 2.74. The molecule has 0 spiro atoms. The molecular formula is C8H13NO2S. The maximum Gasteiger partial charge on any atom is 0.315 e. The van der Waals surface area contributed by atoms with Crippen molar-refractivity contribution in [2.75, 3.05) is 12.4 Å². The minimum atomic E-state index is -0.287. The van der Waals surface area contributed by atoms with Crippen LogP contribution in [0.5, 0.6) is 0 Å². The summed E-state index contributed by atoms with van der Waals surface area (Å²) in [6.45, 7) is 4.14. The van der Waals surface area contributed by atoms with Gasteiger partial charge in [0.25, 0.3) is 0 Å². The molecule has 1 saturated heterocycles. The molecule has 0 aliphatic carbocycles. The van der Waals surface area contributed by atoms with E-state index in [0.29, 0.717) is 18.1 Å². The Balaban J connectivity index is 2.53. The number of carbonyl (C=O) groups is 1. The molecular weight excluding hydrogens is 174 g/mol. The predicted molar refractivity (Wildman–Crippen MR) is 49.8 cm³/mol. The molecule has 0 bridgehead atoms. The minimum absolute atomic E-state index is 0.180. The van der Waals surface area contributed by atoms with Gasteiger partial charge in [-0.05, 0) is 13.8 Å². The maximum absolute atomic E-state index is 11.2. The zero-order valence-electron chi connectivity index (χ0n) is 7.29. The van der Waals surface area contributed by atoms with Crippen LogP contribution in [0.3, 0.4) is 0 Å². The third kappa shape index (κ3) is 1.80. The van der Waals surface area contributed by atoms with Crippen LogP contribution in [0.25, 0.3) is 0 Å². The second-order valence-corrected chi connectivity index (χ2v) is 4.11. The number of esters is 1. The molecule has 4 heteroatoms. The van der Waals surface area contributed by atoms with Crippen LogP contribution in [0.15, 0.2) is 0 Å². The number of thioether (sulfide) groups is 1. The highest BCUT2D eigenvalue weighted by molar-refractivity contribution is 8.01. The fourth-order valence-corrected chi connectivity index (χ4v) is 2.28. The molecule has 12 heavy (non-hydrogen) atoms. The molecule has 68 valence electrons. The van der Waals surface area contributed by atoms with Crippen molar-refractivity contribution in [1.29, 1.82) is 5.41 Å². The quantitative estimate of drug-likeness (QED) is 0.663. The van der Waals surface area contributed by atoms with Crippen LogP contribution < -0.4 is 0 Å². The van der Waals surface area contributed by atoms with Crippen molar-refractivity contribution in [3.05, 3.63) is 0 Å². The molecule has 0 aromatic heterocycles. The molecule has 1 aliphatic rings. The van der Waals surface area contributed by atoms with Gasteiger partial charge in [-0.3, -0.25) is 4.79 Å². The average Bonchev–Trinajstić information content (AvgIpc) is 2.34. The molecule has 1 fully saturated rings. The van der Waals surface area contributed by atoms with E-state index in [1.54, 1.807) is 18.7 Å². The molecule has 2 atom stereocenters. The van der Waals surface area contributed by atoms with Crippen molar-refractivity contribution in [2.45, 2.75) is 19.1 Å². The lowest BCUT2D eigenvalue weighted by atomic mass is 10.0. The molecule has 1 heterocycles. The number of nitrogens with one attached hydrogen (secondary N) is 1. The zero-order valence-corrected chi connectivity index (χ0v) is 8.11. The summed E-state index contributed by atoms with van der Waals surface area (Å²) in [6.07, 6.45) is 0. The van der Waals surface area contributed by atoms with Crippen molar-refractivity contribution in [1.82, 2.24) is 0 Å². The van der Waals surface area contributed by atoms with Crippen LogP contribution in [0.1, 0.15) is 13.8 Å². The summed E-state index contributed by atoms with van der Waals surface area (Å²) >= 11 is 1.64. The van der Waals surface area contributed by atoms with E-state index in [1.165, 1.54) is 0 Å². The molecule has 1 rings (SSSR count). The molecule has 1 aliphatic heterocycles. The fraction of sp³-hybridized carbons (Fsp3) is 0.750. The standard InChI is InChI=1S/C8H13NO2S/c1-3-11-8(10)6-4-12-5(2)7(6)9/h5-6,9H,3-4H2,1-2H3. The molecule has 2 unspecified atom stereocenters. The average molecular weight is 187 g/mol. The fourth-order valence-electron chi connectivity index (χ4n) is 1.14. The Kier molecular flexibility index (Phi) is 3.14. The van der Waals surface area contributed by atoms with Gasteiger partial charge in [0.2, 0.25) is 0 Å². The van der Waals surface area contributed by atoms with Crippen LogP contribution in [-0.4, -0.2) is 29.3 Å². The summed E-state index contributed by atoms with van der Waals surface area (Å²) in [6, 6.07) is 0. The van der Waals surface area contributed by atoms with Gasteiger partial charge in [-0.15, -0.1) is 0 Å². The third-order valence-corrected chi connectivity index (χ3v) is 3.18. The summed E-state index contributed by atoms with van der Waals surface area (Å²) in [4.78, 5) is 11.2. The van der Waals surface area contributed by atoms with E-state index in [1.807, 2.05) is 6.92 Å². The van der Waals surface area contributed by atoms with Gasteiger partial charge in [0, 0.05) is 16.7 Å². The number of hydrogen-bond acceptors (Lipinski definition) is 4. The van der Waals surface area contributed by atoms with E-state index in [2.05, 4.69) is 0 Å². The first-order chi connectivity index (χ1) is 5.66. The van der Waals surface area contributed by atoms with Gasteiger partial charge in [0.15, 0.2) is 0 Å². The molecule has 0 aromatic carbocycles. The minimum Gasteiger partial charge on any atom is -0.465 e. The normalized spacial score (nSPS) is 29.0. The molecule has 0 saturated carbocycles. The van der Waals surface area contributed by atoms with E-state index in [9.17, 15) is 4.79 Å². The van der Waals surface area contributed by atoms with Crippen LogP contribution >= 0.6 is 11.8 Å². The summed E-state index contributed by atoms with van der Waals surface area (Å²) in [7, 11) is 0. The first kappa shape index (κ1) is 9.58. The van der Waals surface area contributed by atoms with Gasteiger partial charge in [-0.2, -0.15) is 11.8 Å². The van der Waals surface area contributed by atoms with Crippen LogP contribution in [-0.2, 0) is 9.53 Å². The lowest BCUT2D eigenvalue weighted by molar-refractivity contribution is -0.144. The first-order valence-corrected chi connectivity index (χ1v) is 5.08. The van der Waals surface area contributed by atoms with Crippen LogP contribution in [0.2, 0.25) is 0 Å². The highest BCUT2D eigenvalue weighted by Crippen LogP contribution is 2.28. The highest BCUT2D eigenvalue weighted by Gasteiger charge is 2.34. The largest absolute Gasteiger partial charge is 0.465 e. The Bertz CT molecular complexity index is 205. The highest BCUT2D eigenvalue weighted by atomic mass is 32.2. The molecule has 1 N–H and O–H groups in total. The smallest absolute Gasteiger partial charge is 0.315 e. The summed E-state index contributed by atoms with van der Waals surface area (Å²) in [5.74, 6) is 0.183. The Labute approximate surface area is 76.4 Å². The maximum atomic E-state index is 11.2. The SMILES string of the molecule is CCOC(=O)C1CSC(C)C1=N. The molecule has 3 nitrogen and oxygen atoms in total. The van der Waals surface area contributed by atoms with E-state index < -0.39 is 0 Å². The van der Waals surface area contributed by atoms with Crippen LogP contribution in [0, 0.1) is 11.3 Å². The van der Waals surface area contributed by atoms with E-state index in [4.69, 9.17) is 10.1 Å². The lowest BCUT2D eigenvalue weighted by Gasteiger charge is -2.08. The van der Waals surface area contributed by atoms with Crippen molar-refractivity contribution >= 4 is 23.4 Å². The Morgan fingerprint density at radius 1 is 1.83 bits per heavy atom. The molecule has 0 aromatic rings. The predicted octanol–water partition coefficient (Wildman–Crippen LogP) is 1.32. The number of ether oxygens (including phenoxy) is 1. The number of rotatable bonds is 2. The third-order valence-electron chi connectivity index (χ3n) is 1.90. The van der Waals surface area contributed by atoms with Gasteiger partial charge >= 0.3 is 5.97 Å². The molecule has 0 amide bonds. The van der Waals surface area contributed by atoms with Crippen molar-refractivity contribution < 1.29 is 9.53 Å². The summed E-state index contributed by atoms with van der Waals surface area (Å²) < 4.78 is 4.85. The van der Waals surface area contributed by atoms with E-state index in [-0.39, 0.29) is 17.1 Å². The molecule has 0 radical (unpaired) electrons. The van der Waals surface area contributed by atoms with Gasteiger partial charge in [-0.25, -0.2) is 0 Å². The van der Waals surface area contributed by atoms with Crippen molar-refractivity contribution in [2.24, 2.45) is 5.92 Å². The van der Waals surface area contributed by atoms with E-state index >= 15 is 0 Å². The summed E-state index contributed by atoms with van der Waals surface area (Å²) in [5.41, 5.74) is 0.512. The lowest BCUT2D eigenvalue weighted by Crippen LogP contribution is -2.26. The Morgan fingerprint density at radius 2 is 2.50 bits per heavy atom. The number of carbonyl (C=O) groups excluding carboxylic acids is 1. The van der Waals surface area contributed by atoms with Crippen molar-refractivity contribution in [3.8, 4) is 0 Å². The van der Waals surface area contributed by atoms with E-state index in [0.717, 1.165) is 0 Å². The summed E-state index contributed by atoms with van der Waals surface area (Å²) in [5, 5.41) is 7.78. The van der Waals surface area contributed by atoms with Gasteiger partial charge in [0.05, 0.1) is 6.61 Å². The number of hydrogen-bond donors (Lipinski definition) is 1. The first-order valence-electron chi connectivity index (χ1n) is 4.03.